The Morgan fingerprint density at radius 1 is 1.17 bits per heavy atom. The van der Waals surface area contributed by atoms with Gasteiger partial charge in [0.2, 0.25) is 5.91 Å². The van der Waals surface area contributed by atoms with E-state index in [9.17, 15) is 35.9 Å². The molecule has 1 fully saturated rings. The summed E-state index contributed by atoms with van der Waals surface area (Å²) >= 11 is 0. The highest BCUT2D eigenvalue weighted by molar-refractivity contribution is 5.82. The van der Waals surface area contributed by atoms with E-state index in [2.05, 4.69) is 21.9 Å². The monoisotopic (exact) mass is 524 g/mol. The summed E-state index contributed by atoms with van der Waals surface area (Å²) in [6.45, 7) is 5.03. The summed E-state index contributed by atoms with van der Waals surface area (Å²) in [6, 6.07) is 2.67. The summed E-state index contributed by atoms with van der Waals surface area (Å²) in [4.78, 5) is 24.5. The van der Waals surface area contributed by atoms with Crippen LogP contribution in [0.4, 0.5) is 26.3 Å². The molecule has 2 amide bonds. The van der Waals surface area contributed by atoms with Gasteiger partial charge in [-0.3, -0.25) is 14.3 Å². The molecule has 1 aromatic rings. The van der Waals surface area contributed by atoms with Crippen molar-refractivity contribution in [3.05, 3.63) is 41.6 Å². The van der Waals surface area contributed by atoms with Crippen molar-refractivity contribution >= 4 is 11.8 Å². The normalized spacial score (nSPS) is 22.5. The second-order valence-electron chi connectivity index (χ2n) is 8.82. The molecule has 0 spiro atoms. The molecule has 13 heteroatoms. The number of rotatable bonds is 9. The lowest BCUT2D eigenvalue weighted by molar-refractivity contribution is -0.357. The minimum Gasteiger partial charge on any atom is -0.480 e. The molecule has 0 aromatic heterocycles. The number of carbonyl (C=O) groups excluding carboxylic acids is 2. The zero-order valence-electron chi connectivity index (χ0n) is 19.3. The minimum absolute atomic E-state index is 0.0357. The Labute approximate surface area is 203 Å². The standard InChI is InChI=1S/C23H26F6N2O5/c1-12(30-20(32)11-34-16-9-17(10-16)36-23(27,28)29)7-13(2)31-21(33)19-5-3-14-8-15(22(24,25)26)4-6-18(14)35-19/h4,6,8,13,16-17,19H,1,3,5,7,9-11H2,2H3,(H,30,32)(H,31,33)/t13?,16-,17+,19-/m0/s1. The smallest absolute Gasteiger partial charge is 0.480 e. The van der Waals surface area contributed by atoms with Gasteiger partial charge in [0.15, 0.2) is 6.10 Å². The van der Waals surface area contributed by atoms with E-state index >= 15 is 0 Å². The van der Waals surface area contributed by atoms with Crippen molar-refractivity contribution in [1.82, 2.24) is 10.6 Å². The van der Waals surface area contributed by atoms with Gasteiger partial charge in [0, 0.05) is 31.0 Å². The average molecular weight is 524 g/mol. The number of amides is 2. The fourth-order valence-corrected chi connectivity index (χ4v) is 3.92. The molecule has 1 aromatic carbocycles. The molecule has 2 aliphatic rings. The molecule has 200 valence electrons. The second kappa shape index (κ2) is 11.1. The van der Waals surface area contributed by atoms with E-state index in [-0.39, 0.29) is 50.2 Å². The van der Waals surface area contributed by atoms with Gasteiger partial charge < -0.3 is 20.1 Å². The molecule has 0 saturated heterocycles. The summed E-state index contributed by atoms with van der Waals surface area (Å²) in [6.07, 6.45) is -10.8. The maximum atomic E-state index is 12.9. The Morgan fingerprint density at radius 2 is 1.86 bits per heavy atom. The molecule has 1 saturated carbocycles. The van der Waals surface area contributed by atoms with Crippen LogP contribution in [0, 0.1) is 0 Å². The zero-order valence-corrected chi connectivity index (χ0v) is 19.3. The van der Waals surface area contributed by atoms with Crippen molar-refractivity contribution in [3.8, 4) is 5.75 Å². The van der Waals surface area contributed by atoms with E-state index in [1.807, 2.05) is 0 Å². The molecule has 3 rings (SSSR count). The zero-order chi connectivity index (χ0) is 26.7. The average Bonchev–Trinajstić information content (AvgIpc) is 2.72. The minimum atomic E-state index is -4.70. The molecular weight excluding hydrogens is 498 g/mol. The molecule has 7 nitrogen and oxygen atoms in total. The van der Waals surface area contributed by atoms with Crippen LogP contribution in [0.25, 0.3) is 0 Å². The highest BCUT2D eigenvalue weighted by Gasteiger charge is 2.40. The highest BCUT2D eigenvalue weighted by Crippen LogP contribution is 2.35. The SMILES string of the molecule is C=C(CC(C)NC(=O)[C@@H]1CCc2cc(C(F)(F)F)ccc2O1)NC(=O)CO[C@H]1C[C@@H](OC(F)(F)F)C1. The van der Waals surface area contributed by atoms with E-state index < -0.39 is 54.3 Å². The molecule has 1 heterocycles. The third-order valence-electron chi connectivity index (χ3n) is 5.68. The predicted octanol–water partition coefficient (Wildman–Crippen LogP) is 4.01. The number of fused-ring (bicyclic) bond motifs is 1. The number of nitrogens with one attached hydrogen (secondary N) is 2. The maximum Gasteiger partial charge on any atom is 0.522 e. The Kier molecular flexibility index (Phi) is 8.55. The fraction of sp³-hybridized carbons (Fsp3) is 0.565. The third-order valence-corrected chi connectivity index (χ3v) is 5.68. The van der Waals surface area contributed by atoms with E-state index in [0.717, 1.165) is 12.1 Å². The van der Waals surface area contributed by atoms with Crippen LogP contribution in [0.5, 0.6) is 5.75 Å². The largest absolute Gasteiger partial charge is 0.522 e. The molecule has 36 heavy (non-hydrogen) atoms. The van der Waals surface area contributed by atoms with E-state index in [1.165, 1.54) is 6.07 Å². The van der Waals surface area contributed by atoms with Crippen LogP contribution in [-0.4, -0.2) is 49.1 Å². The summed E-state index contributed by atoms with van der Waals surface area (Å²) in [5.74, 6) is -0.762. The van der Waals surface area contributed by atoms with Crippen LogP contribution in [0.15, 0.2) is 30.5 Å². The Hall–Kier alpha value is -2.80. The second-order valence-corrected chi connectivity index (χ2v) is 8.82. The van der Waals surface area contributed by atoms with Crippen LogP contribution >= 0.6 is 0 Å². The van der Waals surface area contributed by atoms with Crippen molar-refractivity contribution in [2.45, 2.75) is 75.9 Å². The Morgan fingerprint density at radius 3 is 2.50 bits per heavy atom. The molecule has 2 atom stereocenters. The van der Waals surface area contributed by atoms with Crippen LogP contribution in [0.3, 0.4) is 0 Å². The molecule has 0 radical (unpaired) electrons. The Bertz CT molecular complexity index is 975. The first-order valence-electron chi connectivity index (χ1n) is 11.2. The number of carbonyl (C=O) groups is 2. The highest BCUT2D eigenvalue weighted by atomic mass is 19.4. The predicted molar refractivity (Wildman–Crippen MR) is 114 cm³/mol. The molecule has 0 bridgehead atoms. The van der Waals surface area contributed by atoms with Crippen LogP contribution in [0.2, 0.25) is 0 Å². The summed E-state index contributed by atoms with van der Waals surface area (Å²) in [5, 5.41) is 5.22. The summed E-state index contributed by atoms with van der Waals surface area (Å²) in [5.41, 5.74) is -0.108. The van der Waals surface area contributed by atoms with Gasteiger partial charge in [0.1, 0.15) is 12.4 Å². The van der Waals surface area contributed by atoms with Gasteiger partial charge in [-0.15, -0.1) is 13.2 Å². The first-order valence-corrected chi connectivity index (χ1v) is 11.2. The number of halogens is 6. The number of hydrogen-bond acceptors (Lipinski definition) is 5. The van der Waals surface area contributed by atoms with E-state index in [0.29, 0.717) is 5.56 Å². The van der Waals surface area contributed by atoms with Crippen molar-refractivity contribution in [2.75, 3.05) is 6.61 Å². The molecular formula is C23H26F6N2O5. The fourth-order valence-electron chi connectivity index (χ4n) is 3.92. The van der Waals surface area contributed by atoms with Crippen molar-refractivity contribution in [1.29, 1.82) is 0 Å². The summed E-state index contributed by atoms with van der Waals surface area (Å²) in [7, 11) is 0. The van der Waals surface area contributed by atoms with Crippen LogP contribution in [-0.2, 0) is 31.7 Å². The topological polar surface area (TPSA) is 85.9 Å². The van der Waals surface area contributed by atoms with Crippen molar-refractivity contribution in [2.24, 2.45) is 0 Å². The molecule has 1 unspecified atom stereocenters. The first kappa shape index (κ1) is 27.8. The Balaban J connectivity index is 1.35. The number of benzene rings is 1. The lowest BCUT2D eigenvalue weighted by Gasteiger charge is -2.34. The lowest BCUT2D eigenvalue weighted by atomic mass is 9.92. The third kappa shape index (κ3) is 8.12. The maximum absolute atomic E-state index is 12.9. The number of alkyl halides is 6. The van der Waals surface area contributed by atoms with Gasteiger partial charge in [-0.2, -0.15) is 13.2 Å². The van der Waals surface area contributed by atoms with Gasteiger partial charge in [0.25, 0.3) is 5.91 Å². The molecule has 1 aliphatic carbocycles. The number of aryl methyl sites for hydroxylation is 1. The van der Waals surface area contributed by atoms with Gasteiger partial charge in [-0.1, -0.05) is 6.58 Å². The quantitative estimate of drug-likeness (QED) is 0.477. The van der Waals surface area contributed by atoms with Gasteiger partial charge in [-0.25, -0.2) is 0 Å². The van der Waals surface area contributed by atoms with E-state index in [1.54, 1.807) is 6.92 Å². The summed E-state index contributed by atoms with van der Waals surface area (Å²) < 4.78 is 89.6. The van der Waals surface area contributed by atoms with Gasteiger partial charge in [0.05, 0.1) is 17.8 Å². The van der Waals surface area contributed by atoms with E-state index in [4.69, 9.17) is 9.47 Å². The van der Waals surface area contributed by atoms with Crippen molar-refractivity contribution < 1.29 is 50.1 Å². The first-order chi connectivity index (χ1) is 16.7. The number of hydrogen-bond donors (Lipinski definition) is 2. The van der Waals surface area contributed by atoms with Crippen LogP contribution in [0.1, 0.15) is 43.7 Å². The van der Waals surface area contributed by atoms with Gasteiger partial charge in [-0.05, 0) is 43.5 Å². The number of ether oxygens (including phenoxy) is 3. The van der Waals surface area contributed by atoms with Crippen molar-refractivity contribution in [3.63, 3.8) is 0 Å². The lowest BCUT2D eigenvalue weighted by Crippen LogP contribution is -2.45. The molecule has 2 N–H and O–H groups in total. The van der Waals surface area contributed by atoms with Crippen LogP contribution < -0.4 is 15.4 Å². The van der Waals surface area contributed by atoms with Gasteiger partial charge >= 0.3 is 12.5 Å². The molecule has 1 aliphatic heterocycles.